The van der Waals surface area contributed by atoms with E-state index in [-0.39, 0.29) is 11.1 Å². The van der Waals surface area contributed by atoms with Crippen molar-refractivity contribution in [1.29, 1.82) is 21.0 Å². The van der Waals surface area contributed by atoms with Crippen molar-refractivity contribution in [2.24, 2.45) is 0 Å². The van der Waals surface area contributed by atoms with Gasteiger partial charge < -0.3 is 0 Å². The van der Waals surface area contributed by atoms with E-state index in [4.69, 9.17) is 21.0 Å². The van der Waals surface area contributed by atoms with Gasteiger partial charge in [0.25, 0.3) is 0 Å². The predicted octanol–water partition coefficient (Wildman–Crippen LogP) is 8.66. The van der Waals surface area contributed by atoms with Gasteiger partial charge in [0, 0.05) is 21.5 Å². The Morgan fingerprint density at radius 2 is 0.809 bits per heavy atom. The molecule has 1 heterocycles. The zero-order chi connectivity index (χ0) is 33.2. The summed E-state index contributed by atoms with van der Waals surface area (Å²) in [6.07, 6.45) is 3.11. The van der Waals surface area contributed by atoms with Crippen molar-refractivity contribution in [1.82, 2.24) is 0 Å². The van der Waals surface area contributed by atoms with E-state index in [0.29, 0.717) is 0 Å². The molecule has 0 saturated heterocycles. The molecule has 0 amide bonds. The quantitative estimate of drug-likeness (QED) is 0.131. The van der Waals surface area contributed by atoms with Gasteiger partial charge in [-0.2, -0.15) is 21.0 Å². The second-order valence-electron chi connectivity index (χ2n) is 11.2. The standard InChI is InChI=1S/C42H26N4Si/c1-47(2)39(23-21-31-13-17-33(18-14-31)25-35(27-43)28-44)41(37-9-5-3-6-10-37)42(38-11-7-4-8-12-38)40(47)24-22-32-15-19-34(20-16-32)26-36(29-45)30-46/h3-20,25-26H,1-2H3. The molecule has 0 bridgehead atoms. The van der Waals surface area contributed by atoms with Gasteiger partial charge in [0.2, 0.25) is 0 Å². The summed E-state index contributed by atoms with van der Waals surface area (Å²) < 4.78 is 0. The number of nitrogens with zero attached hydrogens (tertiary/aromatic N) is 4. The van der Waals surface area contributed by atoms with E-state index in [1.165, 1.54) is 0 Å². The molecule has 0 atom stereocenters. The minimum absolute atomic E-state index is 0.0493. The third-order valence-corrected chi connectivity index (χ3v) is 11.0. The normalized spacial score (nSPS) is 12.5. The minimum Gasteiger partial charge on any atom is -0.192 e. The summed E-state index contributed by atoms with van der Waals surface area (Å²) in [4.78, 5) is 0. The third-order valence-electron chi connectivity index (χ3n) is 7.71. The van der Waals surface area contributed by atoms with Crippen LogP contribution in [-0.4, -0.2) is 8.07 Å². The highest BCUT2D eigenvalue weighted by Gasteiger charge is 2.41. The Morgan fingerprint density at radius 1 is 0.468 bits per heavy atom. The first-order valence-corrected chi connectivity index (χ1v) is 17.8. The van der Waals surface area contributed by atoms with Gasteiger partial charge in [-0.25, -0.2) is 0 Å². The summed E-state index contributed by atoms with van der Waals surface area (Å²) in [5.74, 6) is 14.0. The molecule has 0 saturated carbocycles. The summed E-state index contributed by atoms with van der Waals surface area (Å²) in [6.45, 7) is 4.58. The molecule has 4 nitrogen and oxygen atoms in total. The van der Waals surface area contributed by atoms with Gasteiger partial charge in [0.15, 0.2) is 0 Å². The Kier molecular flexibility index (Phi) is 9.59. The van der Waals surface area contributed by atoms with E-state index in [1.807, 2.05) is 109 Å². The maximum Gasteiger partial charge on any atom is 0.135 e. The van der Waals surface area contributed by atoms with E-state index in [1.54, 1.807) is 12.2 Å². The Balaban J connectivity index is 1.65. The molecule has 0 spiro atoms. The van der Waals surface area contributed by atoms with Gasteiger partial charge >= 0.3 is 0 Å². The largest absolute Gasteiger partial charge is 0.192 e. The summed E-state index contributed by atoms with van der Waals surface area (Å²) in [6, 6.07) is 43.3. The second kappa shape index (κ2) is 14.3. The first kappa shape index (κ1) is 31.6. The average molecular weight is 615 g/mol. The van der Waals surface area contributed by atoms with Crippen LogP contribution >= 0.6 is 0 Å². The summed E-state index contributed by atoms with van der Waals surface area (Å²) in [5.41, 5.74) is 7.63. The Hall–Kier alpha value is -6.86. The molecule has 0 aliphatic carbocycles. The van der Waals surface area contributed by atoms with Gasteiger partial charge in [0.05, 0.1) is 0 Å². The average Bonchev–Trinajstić information content (AvgIpc) is 3.34. The maximum absolute atomic E-state index is 9.10. The van der Waals surface area contributed by atoms with Crippen molar-refractivity contribution in [2.75, 3.05) is 0 Å². The fraction of sp³-hybridized carbons (Fsp3) is 0.0476. The van der Waals surface area contributed by atoms with E-state index in [2.05, 4.69) is 61.0 Å². The molecule has 4 aromatic rings. The lowest BCUT2D eigenvalue weighted by Crippen LogP contribution is -2.29. The van der Waals surface area contributed by atoms with Gasteiger partial charge in [-0.15, -0.1) is 0 Å². The molecule has 0 radical (unpaired) electrons. The molecule has 0 N–H and O–H groups in total. The van der Waals surface area contributed by atoms with Gasteiger partial charge in [-0.1, -0.05) is 122 Å². The molecule has 1 aliphatic heterocycles. The summed E-state index contributed by atoms with van der Waals surface area (Å²) >= 11 is 0. The first-order chi connectivity index (χ1) is 22.9. The van der Waals surface area contributed by atoms with E-state index in [9.17, 15) is 0 Å². The second-order valence-corrected chi connectivity index (χ2v) is 15.4. The summed E-state index contributed by atoms with van der Waals surface area (Å²) in [7, 11) is -2.43. The molecular formula is C42H26N4Si. The van der Waals surface area contributed by atoms with Crippen molar-refractivity contribution < 1.29 is 0 Å². The van der Waals surface area contributed by atoms with Crippen LogP contribution in [0.3, 0.4) is 0 Å². The molecular weight excluding hydrogens is 589 g/mol. The van der Waals surface area contributed by atoms with Crippen molar-refractivity contribution in [3.8, 4) is 48.0 Å². The number of nitriles is 4. The van der Waals surface area contributed by atoms with Crippen LogP contribution in [0.5, 0.6) is 0 Å². The maximum atomic E-state index is 9.10. The molecule has 4 aromatic carbocycles. The van der Waals surface area contributed by atoms with Crippen LogP contribution in [0.2, 0.25) is 13.1 Å². The number of hydrogen-bond acceptors (Lipinski definition) is 4. The van der Waals surface area contributed by atoms with Crippen molar-refractivity contribution in [2.45, 2.75) is 13.1 Å². The van der Waals surface area contributed by atoms with Gasteiger partial charge in [0.1, 0.15) is 43.5 Å². The predicted molar refractivity (Wildman–Crippen MR) is 189 cm³/mol. The van der Waals surface area contributed by atoms with Gasteiger partial charge in [-0.3, -0.25) is 0 Å². The van der Waals surface area contributed by atoms with Gasteiger partial charge in [-0.05, 0) is 69.8 Å². The van der Waals surface area contributed by atoms with E-state index < -0.39 is 8.07 Å². The minimum atomic E-state index is -2.43. The zero-order valence-electron chi connectivity index (χ0n) is 25.8. The Labute approximate surface area is 276 Å². The lowest BCUT2D eigenvalue weighted by atomic mass is 9.91. The van der Waals surface area contributed by atoms with Crippen LogP contribution in [0.4, 0.5) is 0 Å². The Morgan fingerprint density at radius 3 is 1.13 bits per heavy atom. The SMILES string of the molecule is C[Si]1(C)C(C#Cc2ccc(C=C(C#N)C#N)cc2)=C(c2ccccc2)C(c2ccccc2)=C1C#Cc1ccc(C=C(C#N)C#N)cc1. The molecule has 0 fully saturated rings. The fourth-order valence-electron chi connectivity index (χ4n) is 5.33. The van der Waals surface area contributed by atoms with Crippen molar-refractivity contribution >= 4 is 31.4 Å². The number of hydrogen-bond donors (Lipinski definition) is 0. The number of benzene rings is 4. The van der Waals surface area contributed by atoms with E-state index in [0.717, 1.165) is 54.9 Å². The summed E-state index contributed by atoms with van der Waals surface area (Å²) in [5, 5.41) is 38.6. The lowest BCUT2D eigenvalue weighted by molar-refractivity contribution is 1.47. The Bertz CT molecular complexity index is 2070. The smallest absolute Gasteiger partial charge is 0.135 e. The van der Waals surface area contributed by atoms with E-state index >= 15 is 0 Å². The molecule has 1 aliphatic rings. The van der Waals surface area contributed by atoms with Crippen molar-refractivity contribution in [3.63, 3.8) is 0 Å². The van der Waals surface area contributed by atoms with Crippen LogP contribution in [0, 0.1) is 69.0 Å². The van der Waals surface area contributed by atoms with Crippen LogP contribution < -0.4 is 0 Å². The van der Waals surface area contributed by atoms with Crippen LogP contribution in [-0.2, 0) is 0 Å². The first-order valence-electron chi connectivity index (χ1n) is 14.8. The van der Waals surface area contributed by atoms with Crippen LogP contribution in [0.15, 0.2) is 131 Å². The monoisotopic (exact) mass is 614 g/mol. The molecule has 0 unspecified atom stereocenters. The highest BCUT2D eigenvalue weighted by Crippen LogP contribution is 2.48. The number of allylic oxidation sites excluding steroid dienone is 6. The fourth-order valence-corrected chi connectivity index (χ4v) is 8.12. The van der Waals surface area contributed by atoms with Crippen LogP contribution in [0.1, 0.15) is 33.4 Å². The number of rotatable bonds is 4. The highest BCUT2D eigenvalue weighted by molar-refractivity contribution is 6.96. The highest BCUT2D eigenvalue weighted by atomic mass is 28.3. The lowest BCUT2D eigenvalue weighted by Gasteiger charge is -2.18. The van der Waals surface area contributed by atoms with Crippen LogP contribution in [0.25, 0.3) is 23.3 Å². The van der Waals surface area contributed by atoms with Crippen molar-refractivity contribution in [3.05, 3.63) is 164 Å². The third kappa shape index (κ3) is 7.11. The molecule has 218 valence electrons. The molecule has 47 heavy (non-hydrogen) atoms. The topological polar surface area (TPSA) is 95.2 Å². The molecule has 0 aromatic heterocycles. The molecule has 5 heteroatoms. The molecule has 5 rings (SSSR count). The zero-order valence-corrected chi connectivity index (χ0v) is 26.8.